The molecule has 0 fully saturated rings. The van der Waals surface area contributed by atoms with Crippen LogP contribution in [0.1, 0.15) is 15.9 Å². The van der Waals surface area contributed by atoms with Crippen molar-refractivity contribution in [2.75, 3.05) is 16.2 Å². The zero-order valence-electron chi connectivity index (χ0n) is 18.2. The maximum Gasteiger partial charge on any atom is 0.264 e. The van der Waals surface area contributed by atoms with Crippen LogP contribution >= 0.6 is 11.8 Å². The first-order valence-corrected chi connectivity index (χ1v) is 13.1. The molecule has 4 aromatic carbocycles. The van der Waals surface area contributed by atoms with Gasteiger partial charge in [0.05, 0.1) is 16.3 Å². The summed E-state index contributed by atoms with van der Waals surface area (Å²) in [6.45, 7) is 0.355. The van der Waals surface area contributed by atoms with Gasteiger partial charge in [0.15, 0.2) is 0 Å². The van der Waals surface area contributed by atoms with E-state index in [0.29, 0.717) is 24.2 Å². The number of carbonyl (C=O) groups excluding carboxylic acids is 1. The Kier molecular flexibility index (Phi) is 6.13. The zero-order chi connectivity index (χ0) is 23.5. The molecule has 1 amide bonds. The smallest absolute Gasteiger partial charge is 0.264 e. The molecule has 1 aliphatic heterocycles. The number of benzene rings is 4. The minimum Gasteiger partial charge on any atom is -0.321 e. The molecular formula is C27H22N2O3S2. The van der Waals surface area contributed by atoms with Crippen LogP contribution in [0.4, 0.5) is 11.4 Å². The van der Waals surface area contributed by atoms with Crippen molar-refractivity contribution in [2.45, 2.75) is 21.1 Å². The Bertz CT molecular complexity index is 1440. The van der Waals surface area contributed by atoms with Gasteiger partial charge in [0.25, 0.3) is 15.9 Å². The van der Waals surface area contributed by atoms with Gasteiger partial charge < -0.3 is 5.32 Å². The van der Waals surface area contributed by atoms with E-state index in [1.165, 1.54) is 4.31 Å². The quantitative estimate of drug-likeness (QED) is 0.372. The van der Waals surface area contributed by atoms with E-state index in [1.54, 1.807) is 60.3 Å². The summed E-state index contributed by atoms with van der Waals surface area (Å²) in [6.07, 6.45) is 0.558. The van der Waals surface area contributed by atoms with Crippen LogP contribution < -0.4 is 9.62 Å². The molecule has 0 saturated carbocycles. The van der Waals surface area contributed by atoms with E-state index in [9.17, 15) is 13.2 Å². The maximum absolute atomic E-state index is 13.1. The number of hydrogen-bond acceptors (Lipinski definition) is 4. The highest BCUT2D eigenvalue weighted by molar-refractivity contribution is 7.99. The fourth-order valence-corrected chi connectivity index (χ4v) is 6.40. The molecular weight excluding hydrogens is 464 g/mol. The Hall–Kier alpha value is -3.55. The third-order valence-electron chi connectivity index (χ3n) is 5.63. The first kappa shape index (κ1) is 22.3. The predicted molar refractivity (Wildman–Crippen MR) is 136 cm³/mol. The number of nitrogens with zero attached hydrogens (tertiary/aromatic N) is 1. The summed E-state index contributed by atoms with van der Waals surface area (Å²) < 4.78 is 27.6. The first-order valence-electron chi connectivity index (χ1n) is 10.9. The van der Waals surface area contributed by atoms with E-state index >= 15 is 0 Å². The average Bonchev–Trinajstić information content (AvgIpc) is 3.31. The van der Waals surface area contributed by atoms with Gasteiger partial charge in [-0.05, 0) is 66.6 Å². The molecule has 34 heavy (non-hydrogen) atoms. The molecule has 0 spiro atoms. The number of fused-ring (bicyclic) bond motifs is 1. The van der Waals surface area contributed by atoms with Gasteiger partial charge in [0.1, 0.15) is 0 Å². The molecule has 4 aromatic rings. The topological polar surface area (TPSA) is 66.5 Å². The molecule has 1 aliphatic rings. The van der Waals surface area contributed by atoms with Crippen molar-refractivity contribution >= 4 is 39.1 Å². The van der Waals surface area contributed by atoms with E-state index in [1.807, 2.05) is 54.6 Å². The molecule has 0 aromatic heterocycles. The highest BCUT2D eigenvalue weighted by Crippen LogP contribution is 2.35. The molecule has 7 heteroatoms. The lowest BCUT2D eigenvalue weighted by atomic mass is 10.1. The SMILES string of the molecule is O=C(Nc1ccccc1Sc1ccccc1)c1ccc2c(c1)CCN2S(=O)(=O)c1ccccc1. The number of rotatable bonds is 6. The predicted octanol–water partition coefficient (Wildman–Crippen LogP) is 5.84. The van der Waals surface area contributed by atoms with Gasteiger partial charge in [-0.1, -0.05) is 60.3 Å². The Morgan fingerprint density at radius 1 is 0.824 bits per heavy atom. The second-order valence-corrected chi connectivity index (χ2v) is 10.8. The third-order valence-corrected chi connectivity index (χ3v) is 8.54. The van der Waals surface area contributed by atoms with Crippen molar-refractivity contribution in [1.82, 2.24) is 0 Å². The van der Waals surface area contributed by atoms with Crippen LogP contribution in [-0.4, -0.2) is 20.9 Å². The number of sulfonamides is 1. The summed E-state index contributed by atoms with van der Waals surface area (Å²) in [4.78, 5) is 15.4. The molecule has 5 nitrogen and oxygen atoms in total. The van der Waals surface area contributed by atoms with Crippen molar-refractivity contribution < 1.29 is 13.2 Å². The summed E-state index contributed by atoms with van der Waals surface area (Å²) in [7, 11) is -3.64. The highest BCUT2D eigenvalue weighted by atomic mass is 32.2. The normalized spacial score (nSPS) is 12.9. The fourth-order valence-electron chi connectivity index (χ4n) is 3.95. The monoisotopic (exact) mass is 486 g/mol. The van der Waals surface area contributed by atoms with Crippen molar-refractivity contribution in [3.05, 3.63) is 114 Å². The van der Waals surface area contributed by atoms with Gasteiger partial charge in [-0.15, -0.1) is 0 Å². The lowest BCUT2D eigenvalue weighted by molar-refractivity contribution is 0.102. The Morgan fingerprint density at radius 3 is 2.26 bits per heavy atom. The van der Waals surface area contributed by atoms with E-state index in [-0.39, 0.29) is 10.8 Å². The Balaban J connectivity index is 1.37. The summed E-state index contributed by atoms with van der Waals surface area (Å²) in [5, 5.41) is 3.01. The zero-order valence-corrected chi connectivity index (χ0v) is 19.9. The number of nitrogens with one attached hydrogen (secondary N) is 1. The maximum atomic E-state index is 13.1. The molecule has 5 rings (SSSR count). The van der Waals surface area contributed by atoms with Crippen LogP contribution in [0.15, 0.2) is 118 Å². The van der Waals surface area contributed by atoms with E-state index in [0.717, 1.165) is 21.0 Å². The fraction of sp³-hybridized carbons (Fsp3) is 0.0741. The van der Waals surface area contributed by atoms with Crippen molar-refractivity contribution in [1.29, 1.82) is 0 Å². The Labute approximate surface area is 203 Å². The van der Waals surface area contributed by atoms with Gasteiger partial charge in [-0.2, -0.15) is 0 Å². The van der Waals surface area contributed by atoms with Gasteiger partial charge in [0, 0.05) is 21.9 Å². The number of amides is 1. The van der Waals surface area contributed by atoms with Gasteiger partial charge in [-0.3, -0.25) is 9.10 Å². The molecule has 1 N–H and O–H groups in total. The molecule has 0 aliphatic carbocycles. The third kappa shape index (κ3) is 4.44. The number of para-hydroxylation sites is 1. The average molecular weight is 487 g/mol. The summed E-state index contributed by atoms with van der Waals surface area (Å²) in [6, 6.07) is 31.3. The van der Waals surface area contributed by atoms with Crippen molar-refractivity contribution in [3.8, 4) is 0 Å². The second-order valence-electron chi connectivity index (χ2n) is 7.85. The first-order chi connectivity index (χ1) is 16.5. The van der Waals surface area contributed by atoms with Crippen LogP contribution in [0.25, 0.3) is 0 Å². The van der Waals surface area contributed by atoms with Crippen LogP contribution in [0, 0.1) is 0 Å². The minimum atomic E-state index is -3.64. The van der Waals surface area contributed by atoms with Crippen LogP contribution in [0.2, 0.25) is 0 Å². The summed E-state index contributed by atoms with van der Waals surface area (Å²) in [5.41, 5.74) is 2.70. The largest absolute Gasteiger partial charge is 0.321 e. The van der Waals surface area contributed by atoms with Crippen LogP contribution in [0.3, 0.4) is 0 Å². The molecule has 170 valence electrons. The number of hydrogen-bond donors (Lipinski definition) is 1. The van der Waals surface area contributed by atoms with Gasteiger partial charge in [0.2, 0.25) is 0 Å². The van der Waals surface area contributed by atoms with E-state index in [2.05, 4.69) is 5.32 Å². The second kappa shape index (κ2) is 9.37. The van der Waals surface area contributed by atoms with E-state index < -0.39 is 10.0 Å². The summed E-state index contributed by atoms with van der Waals surface area (Å²) >= 11 is 1.58. The van der Waals surface area contributed by atoms with E-state index in [4.69, 9.17) is 0 Å². The van der Waals surface area contributed by atoms with Gasteiger partial charge in [-0.25, -0.2) is 8.42 Å². The number of carbonyl (C=O) groups is 1. The van der Waals surface area contributed by atoms with Gasteiger partial charge >= 0.3 is 0 Å². The molecule has 1 heterocycles. The summed E-state index contributed by atoms with van der Waals surface area (Å²) in [5.74, 6) is -0.228. The van der Waals surface area contributed by atoms with Crippen LogP contribution in [0.5, 0.6) is 0 Å². The Morgan fingerprint density at radius 2 is 1.50 bits per heavy atom. The standard InChI is InChI=1S/C27H22N2O3S2/c30-27(28-24-13-7-8-14-26(24)33-22-9-3-1-4-10-22)21-15-16-25-20(19-21)17-18-29(25)34(31,32)23-11-5-2-6-12-23/h1-16,19H,17-18H2,(H,28,30). The minimum absolute atomic E-state index is 0.228. The lowest BCUT2D eigenvalue weighted by Gasteiger charge is -2.19. The molecule has 0 unspecified atom stereocenters. The lowest BCUT2D eigenvalue weighted by Crippen LogP contribution is -2.29. The van der Waals surface area contributed by atoms with Crippen molar-refractivity contribution in [3.63, 3.8) is 0 Å². The van der Waals surface area contributed by atoms with Crippen LogP contribution in [-0.2, 0) is 16.4 Å². The van der Waals surface area contributed by atoms with Crippen molar-refractivity contribution in [2.24, 2.45) is 0 Å². The molecule has 0 bridgehead atoms. The number of anilines is 2. The molecule has 0 radical (unpaired) electrons. The molecule has 0 saturated heterocycles. The molecule has 0 atom stereocenters. The highest BCUT2D eigenvalue weighted by Gasteiger charge is 2.31.